The number of H-pyrrole nitrogens is 1. The number of aromatic nitrogens is 4. The fourth-order valence-corrected chi connectivity index (χ4v) is 4.92. The first-order valence-corrected chi connectivity index (χ1v) is 11.3. The van der Waals surface area contributed by atoms with Crippen LogP contribution in [0.15, 0.2) is 17.1 Å². The van der Waals surface area contributed by atoms with Crippen LogP contribution in [-0.4, -0.2) is 38.7 Å². The minimum atomic E-state index is -2.71. The summed E-state index contributed by atoms with van der Waals surface area (Å²) in [6.07, 6.45) is 1.24. The third-order valence-corrected chi connectivity index (χ3v) is 6.50. The van der Waals surface area contributed by atoms with Gasteiger partial charge < -0.3 is 15.5 Å². The van der Waals surface area contributed by atoms with Crippen molar-refractivity contribution in [2.45, 2.75) is 63.8 Å². The van der Waals surface area contributed by atoms with Crippen LogP contribution in [0.3, 0.4) is 0 Å². The standard InChI is InChI=1S/C23H26ClF2N5O3/c1-22(2,3)20-14(24)17(31(30-20)11-5-8-23(25,26)9-6-11)16-19(34-4)18(32)13-12(29-16)7-10-28-15(13)21(27)33/h7,10-11H,5-6,8-9H2,1-4H3,(H2,27,33)(H,29,32). The van der Waals surface area contributed by atoms with Gasteiger partial charge in [-0.1, -0.05) is 32.4 Å². The van der Waals surface area contributed by atoms with Crippen molar-refractivity contribution in [3.05, 3.63) is 38.9 Å². The van der Waals surface area contributed by atoms with E-state index in [2.05, 4.69) is 9.97 Å². The van der Waals surface area contributed by atoms with Crippen LogP contribution in [-0.2, 0) is 5.41 Å². The number of amides is 1. The van der Waals surface area contributed by atoms with Gasteiger partial charge in [-0.2, -0.15) is 5.10 Å². The van der Waals surface area contributed by atoms with Crippen molar-refractivity contribution >= 4 is 28.4 Å². The second-order valence-corrected chi connectivity index (χ2v) is 9.98. The Morgan fingerprint density at radius 3 is 2.53 bits per heavy atom. The SMILES string of the molecule is COc1c(-c2c(Cl)c(C(C)(C)C)nn2C2CCC(F)(F)CC2)[nH]c2ccnc(C(N)=O)c2c1=O. The summed E-state index contributed by atoms with van der Waals surface area (Å²) in [6, 6.07) is 1.19. The molecule has 3 heterocycles. The summed E-state index contributed by atoms with van der Waals surface area (Å²) in [5.41, 5.74) is 5.67. The molecule has 34 heavy (non-hydrogen) atoms. The molecule has 0 radical (unpaired) electrons. The lowest BCUT2D eigenvalue weighted by atomic mass is 9.91. The fraction of sp³-hybridized carbons (Fsp3) is 0.478. The first kappa shape index (κ1) is 24.1. The molecule has 8 nitrogen and oxygen atoms in total. The summed E-state index contributed by atoms with van der Waals surface area (Å²) < 4.78 is 34.8. The van der Waals surface area contributed by atoms with Crippen molar-refractivity contribution in [1.82, 2.24) is 19.7 Å². The van der Waals surface area contributed by atoms with E-state index in [0.717, 1.165) is 0 Å². The minimum absolute atomic E-state index is 0.00820. The van der Waals surface area contributed by atoms with Gasteiger partial charge in [-0.05, 0) is 18.9 Å². The van der Waals surface area contributed by atoms with Gasteiger partial charge in [0.25, 0.3) is 5.91 Å². The van der Waals surface area contributed by atoms with E-state index in [4.69, 9.17) is 27.2 Å². The minimum Gasteiger partial charge on any atom is -0.491 e. The molecule has 0 unspecified atom stereocenters. The van der Waals surface area contributed by atoms with Crippen molar-refractivity contribution in [1.29, 1.82) is 0 Å². The Hall–Kier alpha value is -3.01. The molecule has 0 saturated heterocycles. The lowest BCUT2D eigenvalue weighted by molar-refractivity contribution is -0.0449. The predicted molar refractivity (Wildman–Crippen MR) is 125 cm³/mol. The molecule has 1 fully saturated rings. The van der Waals surface area contributed by atoms with Crippen LogP contribution in [0.4, 0.5) is 8.78 Å². The highest BCUT2D eigenvalue weighted by Gasteiger charge is 2.39. The molecule has 0 aliphatic heterocycles. The zero-order chi connectivity index (χ0) is 25.0. The number of primary amides is 1. The molecule has 0 bridgehead atoms. The van der Waals surface area contributed by atoms with Gasteiger partial charge in [0.2, 0.25) is 11.4 Å². The molecule has 1 aliphatic carbocycles. The van der Waals surface area contributed by atoms with E-state index in [0.29, 0.717) is 21.9 Å². The largest absolute Gasteiger partial charge is 0.491 e. The van der Waals surface area contributed by atoms with Crippen molar-refractivity contribution in [2.75, 3.05) is 7.11 Å². The van der Waals surface area contributed by atoms with Gasteiger partial charge in [0, 0.05) is 24.5 Å². The fourth-order valence-electron chi connectivity index (χ4n) is 4.41. The molecule has 11 heteroatoms. The van der Waals surface area contributed by atoms with Gasteiger partial charge in [0.1, 0.15) is 17.1 Å². The Bertz CT molecular complexity index is 1330. The van der Waals surface area contributed by atoms with Crippen LogP contribution < -0.4 is 15.9 Å². The lowest BCUT2D eigenvalue weighted by Gasteiger charge is -2.29. The Labute approximate surface area is 199 Å². The first-order chi connectivity index (χ1) is 15.9. The van der Waals surface area contributed by atoms with E-state index in [1.54, 1.807) is 4.68 Å². The highest BCUT2D eigenvalue weighted by atomic mass is 35.5. The van der Waals surface area contributed by atoms with E-state index in [1.807, 2.05) is 20.8 Å². The number of aromatic amines is 1. The van der Waals surface area contributed by atoms with Gasteiger partial charge in [0.15, 0.2) is 5.75 Å². The van der Waals surface area contributed by atoms with E-state index in [1.165, 1.54) is 19.4 Å². The molecule has 0 spiro atoms. The maximum atomic E-state index is 13.9. The van der Waals surface area contributed by atoms with Gasteiger partial charge in [0.05, 0.1) is 34.8 Å². The number of carbonyl (C=O) groups excluding carboxylic acids is 1. The van der Waals surface area contributed by atoms with E-state index < -0.39 is 22.7 Å². The van der Waals surface area contributed by atoms with Gasteiger partial charge >= 0.3 is 0 Å². The second-order valence-electron chi connectivity index (χ2n) is 9.60. The number of carbonyl (C=O) groups is 1. The molecule has 1 amide bonds. The Morgan fingerprint density at radius 1 is 1.32 bits per heavy atom. The van der Waals surface area contributed by atoms with Crippen molar-refractivity contribution in [3.8, 4) is 17.1 Å². The quantitative estimate of drug-likeness (QED) is 0.551. The lowest BCUT2D eigenvalue weighted by Crippen LogP contribution is -2.27. The number of nitrogens with zero attached hydrogens (tertiary/aromatic N) is 3. The molecular weight excluding hydrogens is 468 g/mol. The summed E-state index contributed by atoms with van der Waals surface area (Å²) >= 11 is 6.84. The van der Waals surface area contributed by atoms with Crippen LogP contribution in [0.25, 0.3) is 22.3 Å². The summed E-state index contributed by atoms with van der Waals surface area (Å²) in [7, 11) is 1.32. The number of rotatable bonds is 4. The maximum Gasteiger partial charge on any atom is 0.268 e. The Morgan fingerprint density at radius 2 is 1.97 bits per heavy atom. The monoisotopic (exact) mass is 493 g/mol. The number of methoxy groups -OCH3 is 1. The number of fused-ring (bicyclic) bond motifs is 1. The number of alkyl halides is 2. The third-order valence-electron chi connectivity index (χ3n) is 6.14. The predicted octanol–water partition coefficient (Wildman–Crippen LogP) is 4.60. The molecular formula is C23H26ClF2N5O3. The Balaban J connectivity index is 2.02. The smallest absolute Gasteiger partial charge is 0.268 e. The molecule has 0 atom stereocenters. The molecule has 1 saturated carbocycles. The van der Waals surface area contributed by atoms with E-state index >= 15 is 0 Å². The summed E-state index contributed by atoms with van der Waals surface area (Å²) in [4.78, 5) is 32.3. The number of halogens is 3. The van der Waals surface area contributed by atoms with Gasteiger partial charge in [-0.15, -0.1) is 0 Å². The third kappa shape index (κ3) is 4.04. The van der Waals surface area contributed by atoms with Crippen LogP contribution in [0, 0.1) is 0 Å². The molecule has 1 aliphatic rings. The molecule has 3 aromatic rings. The van der Waals surface area contributed by atoms with E-state index in [9.17, 15) is 18.4 Å². The number of ether oxygens (including phenoxy) is 1. The highest BCUT2D eigenvalue weighted by Crippen LogP contribution is 2.45. The average Bonchev–Trinajstić information content (AvgIpc) is 3.10. The van der Waals surface area contributed by atoms with Crippen LogP contribution in [0.5, 0.6) is 5.75 Å². The summed E-state index contributed by atoms with van der Waals surface area (Å²) in [5, 5.41) is 5.02. The molecule has 182 valence electrons. The zero-order valence-corrected chi connectivity index (χ0v) is 20.1. The molecule has 4 rings (SSSR count). The normalized spacial score (nSPS) is 16.7. The molecule has 3 N–H and O–H groups in total. The van der Waals surface area contributed by atoms with Crippen LogP contribution in [0.2, 0.25) is 5.02 Å². The second kappa shape index (κ2) is 8.33. The highest BCUT2D eigenvalue weighted by molar-refractivity contribution is 6.34. The van der Waals surface area contributed by atoms with Crippen molar-refractivity contribution in [2.24, 2.45) is 5.73 Å². The molecule has 0 aromatic carbocycles. The average molecular weight is 494 g/mol. The number of nitrogens with one attached hydrogen (secondary N) is 1. The van der Waals surface area contributed by atoms with Crippen LogP contribution in [0.1, 0.15) is 68.7 Å². The van der Waals surface area contributed by atoms with Gasteiger partial charge in [-0.3, -0.25) is 19.3 Å². The summed E-state index contributed by atoms with van der Waals surface area (Å²) in [5.74, 6) is -3.67. The topological polar surface area (TPSA) is 116 Å². The van der Waals surface area contributed by atoms with Crippen molar-refractivity contribution in [3.63, 3.8) is 0 Å². The van der Waals surface area contributed by atoms with Crippen LogP contribution >= 0.6 is 11.6 Å². The van der Waals surface area contributed by atoms with Gasteiger partial charge in [-0.25, -0.2) is 8.78 Å². The zero-order valence-electron chi connectivity index (χ0n) is 19.3. The Kier molecular flexibility index (Phi) is 5.91. The number of pyridine rings is 2. The number of hydrogen-bond acceptors (Lipinski definition) is 5. The van der Waals surface area contributed by atoms with Crippen molar-refractivity contribution < 1.29 is 18.3 Å². The first-order valence-electron chi connectivity index (χ1n) is 10.9. The number of hydrogen-bond donors (Lipinski definition) is 2. The maximum absolute atomic E-state index is 13.9. The van der Waals surface area contributed by atoms with E-state index in [-0.39, 0.29) is 54.2 Å². The summed E-state index contributed by atoms with van der Waals surface area (Å²) in [6.45, 7) is 5.82. The molecule has 3 aromatic heterocycles. The number of nitrogens with two attached hydrogens (primary N) is 1.